The SMILES string of the molecule is C=CCOC(=O)NCc1cccc(-c2cccc([C@H]3O[C@@H](CN4CCC5(CC4)OCCO5)C[C@@H](c4ccc(CO)cc4)O3)c2)c1. The number of alkyl carbamates (subject to hydrolysis) is 1. The van der Waals surface area contributed by atoms with E-state index in [4.69, 9.17) is 23.7 Å². The molecule has 0 aromatic heterocycles. The fourth-order valence-corrected chi connectivity index (χ4v) is 6.27. The summed E-state index contributed by atoms with van der Waals surface area (Å²) in [5, 5.41) is 12.3. The molecule has 3 atom stereocenters. The van der Waals surface area contributed by atoms with E-state index in [1.165, 1.54) is 6.08 Å². The van der Waals surface area contributed by atoms with E-state index in [2.05, 4.69) is 41.1 Å². The zero-order valence-corrected chi connectivity index (χ0v) is 25.6. The highest BCUT2D eigenvalue weighted by molar-refractivity contribution is 5.68. The average molecular weight is 615 g/mol. The van der Waals surface area contributed by atoms with Gasteiger partial charge in [-0.3, -0.25) is 0 Å². The van der Waals surface area contributed by atoms with Crippen molar-refractivity contribution in [2.24, 2.45) is 0 Å². The lowest BCUT2D eigenvalue weighted by atomic mass is 9.97. The third kappa shape index (κ3) is 7.99. The van der Waals surface area contributed by atoms with Gasteiger partial charge in [0.05, 0.1) is 32.0 Å². The number of hydrogen-bond acceptors (Lipinski definition) is 8. The second-order valence-corrected chi connectivity index (χ2v) is 11.8. The molecule has 3 heterocycles. The van der Waals surface area contributed by atoms with Crippen molar-refractivity contribution < 1.29 is 33.6 Å². The molecule has 238 valence electrons. The van der Waals surface area contributed by atoms with Gasteiger partial charge in [-0.05, 0) is 39.9 Å². The number of aliphatic hydroxyl groups is 1. The highest BCUT2D eigenvalue weighted by Gasteiger charge is 2.41. The molecule has 0 radical (unpaired) electrons. The Hall–Kier alpha value is -3.57. The fraction of sp³-hybridized carbons (Fsp3) is 0.417. The molecule has 9 heteroatoms. The number of carbonyl (C=O) groups excluding carboxylic acids is 1. The first-order valence-corrected chi connectivity index (χ1v) is 15.7. The van der Waals surface area contributed by atoms with Crippen molar-refractivity contribution in [3.8, 4) is 11.1 Å². The van der Waals surface area contributed by atoms with Crippen molar-refractivity contribution in [2.45, 2.75) is 56.7 Å². The Morgan fingerprint density at radius 2 is 1.69 bits per heavy atom. The third-order valence-electron chi connectivity index (χ3n) is 8.70. The van der Waals surface area contributed by atoms with Gasteiger partial charge in [0.2, 0.25) is 0 Å². The van der Waals surface area contributed by atoms with Crippen molar-refractivity contribution in [2.75, 3.05) is 39.5 Å². The van der Waals surface area contributed by atoms with Crippen LogP contribution in [0.1, 0.15) is 53.9 Å². The smallest absolute Gasteiger partial charge is 0.407 e. The van der Waals surface area contributed by atoms with Crippen LogP contribution in [-0.4, -0.2) is 67.4 Å². The molecule has 3 aliphatic heterocycles. The molecule has 0 saturated carbocycles. The van der Waals surface area contributed by atoms with Crippen LogP contribution >= 0.6 is 0 Å². The van der Waals surface area contributed by atoms with Crippen LogP contribution in [0.25, 0.3) is 11.1 Å². The van der Waals surface area contributed by atoms with Gasteiger partial charge >= 0.3 is 6.09 Å². The van der Waals surface area contributed by atoms with Gasteiger partial charge in [0, 0.05) is 51.0 Å². The van der Waals surface area contributed by atoms with Crippen molar-refractivity contribution in [3.05, 3.63) is 108 Å². The fourth-order valence-electron chi connectivity index (χ4n) is 6.27. The molecule has 3 aromatic rings. The number of amides is 1. The maximum absolute atomic E-state index is 11.9. The largest absolute Gasteiger partial charge is 0.445 e. The summed E-state index contributed by atoms with van der Waals surface area (Å²) in [4.78, 5) is 14.3. The second kappa shape index (κ2) is 14.7. The maximum Gasteiger partial charge on any atom is 0.407 e. The zero-order chi connectivity index (χ0) is 31.1. The van der Waals surface area contributed by atoms with Crippen LogP contribution in [0.2, 0.25) is 0 Å². The number of rotatable bonds is 10. The first kappa shape index (κ1) is 31.4. The Morgan fingerprint density at radius 3 is 2.42 bits per heavy atom. The van der Waals surface area contributed by atoms with E-state index in [1.807, 2.05) is 48.5 Å². The van der Waals surface area contributed by atoms with Crippen molar-refractivity contribution in [1.82, 2.24) is 10.2 Å². The van der Waals surface area contributed by atoms with Crippen LogP contribution in [0.5, 0.6) is 0 Å². The average Bonchev–Trinajstić information content (AvgIpc) is 3.55. The van der Waals surface area contributed by atoms with Crippen LogP contribution in [0.4, 0.5) is 4.79 Å². The summed E-state index contributed by atoms with van der Waals surface area (Å²) < 4.78 is 30.2. The molecule has 3 aromatic carbocycles. The summed E-state index contributed by atoms with van der Waals surface area (Å²) in [7, 11) is 0. The van der Waals surface area contributed by atoms with Gasteiger partial charge in [-0.15, -0.1) is 0 Å². The Bertz CT molecular complexity index is 1430. The number of likely N-dealkylation sites (tertiary alicyclic amines) is 1. The van der Waals surface area contributed by atoms with Gasteiger partial charge < -0.3 is 39.0 Å². The monoisotopic (exact) mass is 614 g/mol. The van der Waals surface area contributed by atoms with Gasteiger partial charge in [-0.2, -0.15) is 0 Å². The number of nitrogens with zero attached hydrogens (tertiary/aromatic N) is 1. The van der Waals surface area contributed by atoms with Crippen LogP contribution in [0.15, 0.2) is 85.5 Å². The Kier molecular flexibility index (Phi) is 10.2. The molecule has 0 aliphatic carbocycles. The maximum atomic E-state index is 11.9. The minimum absolute atomic E-state index is 0.00744. The Morgan fingerprint density at radius 1 is 0.956 bits per heavy atom. The summed E-state index contributed by atoms with van der Waals surface area (Å²) in [5.74, 6) is -0.408. The lowest BCUT2D eigenvalue weighted by Crippen LogP contribution is -2.48. The predicted octanol–water partition coefficient (Wildman–Crippen LogP) is 5.64. The molecule has 3 aliphatic rings. The minimum atomic E-state index is -0.548. The molecular weight excluding hydrogens is 572 g/mol. The number of hydrogen-bond donors (Lipinski definition) is 2. The summed E-state index contributed by atoms with van der Waals surface area (Å²) in [6.07, 6.45) is 2.77. The van der Waals surface area contributed by atoms with Gasteiger partial charge in [-0.1, -0.05) is 73.3 Å². The van der Waals surface area contributed by atoms with E-state index in [0.717, 1.165) is 72.3 Å². The Balaban J connectivity index is 1.18. The predicted molar refractivity (Wildman–Crippen MR) is 169 cm³/mol. The Labute approximate surface area is 264 Å². The highest BCUT2D eigenvalue weighted by Crippen LogP contribution is 2.40. The first-order valence-electron chi connectivity index (χ1n) is 15.7. The van der Waals surface area contributed by atoms with E-state index < -0.39 is 18.2 Å². The molecule has 9 nitrogen and oxygen atoms in total. The lowest BCUT2D eigenvalue weighted by Gasteiger charge is -2.41. The standard InChI is InChI=1S/C36H42N2O7/c1-2-17-41-35(40)37-23-27-5-3-6-29(20-27)30-7-4-8-31(21-30)34-44-32(22-33(45-34)28-11-9-26(25-39)10-12-28)24-38-15-13-36(14-16-38)42-18-19-43-36/h2-12,20-21,32-34,39H,1,13-19,22-25H2,(H,37,40)/t32-,33+,34+/m1/s1. The summed E-state index contributed by atoms with van der Waals surface area (Å²) >= 11 is 0. The molecule has 3 fully saturated rings. The zero-order valence-electron chi connectivity index (χ0n) is 25.6. The summed E-state index contributed by atoms with van der Waals surface area (Å²) in [5.41, 5.74) is 5.89. The van der Waals surface area contributed by atoms with Crippen molar-refractivity contribution >= 4 is 6.09 Å². The summed E-state index contributed by atoms with van der Waals surface area (Å²) in [6, 6.07) is 24.3. The second-order valence-electron chi connectivity index (χ2n) is 11.8. The molecule has 1 spiro atoms. The molecule has 2 N–H and O–H groups in total. The molecule has 3 saturated heterocycles. The molecule has 45 heavy (non-hydrogen) atoms. The quantitative estimate of drug-likeness (QED) is 0.283. The van der Waals surface area contributed by atoms with Crippen LogP contribution in [-0.2, 0) is 36.8 Å². The van der Waals surface area contributed by atoms with Crippen molar-refractivity contribution in [1.29, 1.82) is 0 Å². The lowest BCUT2D eigenvalue weighted by molar-refractivity contribution is -0.255. The molecule has 0 unspecified atom stereocenters. The van der Waals surface area contributed by atoms with E-state index >= 15 is 0 Å². The van der Waals surface area contributed by atoms with Gasteiger partial charge in [0.25, 0.3) is 0 Å². The van der Waals surface area contributed by atoms with Crippen molar-refractivity contribution in [3.63, 3.8) is 0 Å². The van der Waals surface area contributed by atoms with Crippen LogP contribution in [0, 0.1) is 0 Å². The number of carbonyl (C=O) groups is 1. The van der Waals surface area contributed by atoms with Crippen LogP contribution < -0.4 is 5.32 Å². The van der Waals surface area contributed by atoms with E-state index in [0.29, 0.717) is 19.8 Å². The first-order chi connectivity index (χ1) is 22.0. The molecule has 6 rings (SSSR count). The highest BCUT2D eigenvalue weighted by atomic mass is 16.7. The summed E-state index contributed by atoms with van der Waals surface area (Å²) in [6.45, 7) is 8.03. The molecule has 1 amide bonds. The topological polar surface area (TPSA) is 98.7 Å². The van der Waals surface area contributed by atoms with E-state index in [9.17, 15) is 9.90 Å². The van der Waals surface area contributed by atoms with Gasteiger partial charge in [0.1, 0.15) is 6.61 Å². The number of ether oxygens (including phenoxy) is 5. The number of nitrogens with one attached hydrogen (secondary N) is 1. The van der Waals surface area contributed by atoms with E-state index in [-0.39, 0.29) is 25.4 Å². The van der Waals surface area contributed by atoms with E-state index in [1.54, 1.807) is 0 Å². The normalized spacial score (nSPS) is 23.1. The number of benzene rings is 3. The van der Waals surface area contributed by atoms with Gasteiger partial charge in [-0.25, -0.2) is 4.79 Å². The van der Waals surface area contributed by atoms with Crippen LogP contribution in [0.3, 0.4) is 0 Å². The minimum Gasteiger partial charge on any atom is -0.445 e. The molecule has 0 bridgehead atoms. The number of aliphatic hydroxyl groups excluding tert-OH is 1. The third-order valence-corrected chi connectivity index (χ3v) is 8.70. The number of piperidine rings is 1. The molecular formula is C36H42N2O7. The van der Waals surface area contributed by atoms with Gasteiger partial charge in [0.15, 0.2) is 12.1 Å².